The van der Waals surface area contributed by atoms with E-state index in [1.165, 1.54) is 6.07 Å². The highest BCUT2D eigenvalue weighted by molar-refractivity contribution is 5.88. The summed E-state index contributed by atoms with van der Waals surface area (Å²) in [4.78, 5) is 12.2. The maximum atomic E-state index is 13.7. The molecule has 2 heterocycles. The third kappa shape index (κ3) is 4.09. The second-order valence-electron chi connectivity index (χ2n) is 7.13. The Hall–Kier alpha value is -2.11. The van der Waals surface area contributed by atoms with Crippen LogP contribution in [0.2, 0.25) is 0 Å². The number of carbonyl (C=O) groups excluding carboxylic acids is 1. The molecular weight excluding hydrogens is 367 g/mol. The van der Waals surface area contributed by atoms with Gasteiger partial charge in [-0.25, -0.2) is 4.39 Å². The SMILES string of the molecule is Cl.O=C1NCC[C@]12CCC[C@H](c1ccc(OCc3ccccc3F)cc1)N2. The highest BCUT2D eigenvalue weighted by atomic mass is 35.5. The summed E-state index contributed by atoms with van der Waals surface area (Å²) in [6.07, 6.45) is 3.81. The van der Waals surface area contributed by atoms with Gasteiger partial charge >= 0.3 is 0 Å². The molecule has 2 aromatic carbocycles. The third-order valence-corrected chi connectivity index (χ3v) is 5.45. The summed E-state index contributed by atoms with van der Waals surface area (Å²) >= 11 is 0. The molecule has 2 N–H and O–H groups in total. The zero-order valence-electron chi connectivity index (χ0n) is 15.0. The van der Waals surface area contributed by atoms with Gasteiger partial charge in [0.25, 0.3) is 0 Å². The molecule has 2 aromatic rings. The molecule has 27 heavy (non-hydrogen) atoms. The molecule has 2 aliphatic heterocycles. The summed E-state index contributed by atoms with van der Waals surface area (Å²) < 4.78 is 19.4. The summed E-state index contributed by atoms with van der Waals surface area (Å²) in [5.41, 5.74) is 1.30. The number of benzene rings is 2. The molecule has 2 saturated heterocycles. The molecule has 0 aliphatic carbocycles. The van der Waals surface area contributed by atoms with Crippen LogP contribution >= 0.6 is 12.4 Å². The van der Waals surface area contributed by atoms with Crippen LogP contribution in [-0.4, -0.2) is 18.0 Å². The van der Waals surface area contributed by atoms with Crippen LogP contribution < -0.4 is 15.4 Å². The molecule has 0 unspecified atom stereocenters. The standard InChI is InChI=1S/C21H23FN2O2.ClH/c22-18-5-2-1-4-16(18)14-26-17-9-7-15(8-10-17)19-6-3-11-21(24-19)12-13-23-20(21)25;/h1-2,4-5,7-10,19,24H,3,6,11-14H2,(H,23,25);1H/t19-,21-;/m1./s1. The van der Waals surface area contributed by atoms with Crippen molar-refractivity contribution in [3.8, 4) is 5.75 Å². The van der Waals surface area contributed by atoms with E-state index >= 15 is 0 Å². The summed E-state index contributed by atoms with van der Waals surface area (Å²) in [6.45, 7) is 0.957. The van der Waals surface area contributed by atoms with E-state index < -0.39 is 5.54 Å². The van der Waals surface area contributed by atoms with Crippen molar-refractivity contribution in [1.29, 1.82) is 0 Å². The van der Waals surface area contributed by atoms with Crippen LogP contribution in [0.4, 0.5) is 4.39 Å². The lowest BCUT2D eigenvalue weighted by Gasteiger charge is -2.37. The molecule has 144 valence electrons. The summed E-state index contributed by atoms with van der Waals surface area (Å²) in [7, 11) is 0. The van der Waals surface area contributed by atoms with Crippen molar-refractivity contribution in [1.82, 2.24) is 10.6 Å². The van der Waals surface area contributed by atoms with Crippen molar-refractivity contribution >= 4 is 18.3 Å². The number of carbonyl (C=O) groups is 1. The van der Waals surface area contributed by atoms with Crippen molar-refractivity contribution in [2.75, 3.05) is 6.54 Å². The number of rotatable bonds is 4. The highest BCUT2D eigenvalue weighted by Gasteiger charge is 2.45. The number of hydrogen-bond acceptors (Lipinski definition) is 3. The molecule has 1 amide bonds. The van der Waals surface area contributed by atoms with Crippen molar-refractivity contribution in [3.63, 3.8) is 0 Å². The summed E-state index contributed by atoms with van der Waals surface area (Å²) in [6, 6.07) is 14.7. The number of amides is 1. The molecule has 0 radical (unpaired) electrons. The Balaban J connectivity index is 0.00000210. The average molecular weight is 391 g/mol. The fraction of sp³-hybridized carbons (Fsp3) is 0.381. The minimum absolute atomic E-state index is 0. The van der Waals surface area contributed by atoms with Gasteiger partial charge in [-0.15, -0.1) is 12.4 Å². The Bertz CT molecular complexity index is 799. The molecule has 2 aliphatic rings. The van der Waals surface area contributed by atoms with Crippen LogP contribution in [-0.2, 0) is 11.4 Å². The van der Waals surface area contributed by atoms with Crippen LogP contribution in [0.1, 0.15) is 42.9 Å². The van der Waals surface area contributed by atoms with E-state index in [2.05, 4.69) is 10.6 Å². The predicted octanol–water partition coefficient (Wildman–Crippen LogP) is 3.90. The predicted molar refractivity (Wildman–Crippen MR) is 105 cm³/mol. The van der Waals surface area contributed by atoms with Crippen LogP contribution in [0.25, 0.3) is 0 Å². The maximum absolute atomic E-state index is 13.7. The number of ether oxygens (including phenoxy) is 1. The van der Waals surface area contributed by atoms with Gasteiger partial charge in [-0.2, -0.15) is 0 Å². The molecular formula is C21H24ClFN2O2. The Labute approximate surface area is 164 Å². The van der Waals surface area contributed by atoms with Gasteiger partial charge in [-0.05, 0) is 49.4 Å². The quantitative estimate of drug-likeness (QED) is 0.832. The highest BCUT2D eigenvalue weighted by Crippen LogP contribution is 2.35. The topological polar surface area (TPSA) is 50.4 Å². The summed E-state index contributed by atoms with van der Waals surface area (Å²) in [5.74, 6) is 0.587. The van der Waals surface area contributed by atoms with Crippen LogP contribution in [0.15, 0.2) is 48.5 Å². The first-order chi connectivity index (χ1) is 12.7. The number of nitrogens with one attached hydrogen (secondary N) is 2. The molecule has 0 aromatic heterocycles. The van der Waals surface area contributed by atoms with Crippen LogP contribution in [0.3, 0.4) is 0 Å². The average Bonchev–Trinajstić information content (AvgIpc) is 3.01. The molecule has 6 heteroatoms. The molecule has 1 spiro atoms. The molecule has 4 nitrogen and oxygen atoms in total. The minimum Gasteiger partial charge on any atom is -0.489 e. The van der Waals surface area contributed by atoms with E-state index in [1.807, 2.05) is 24.3 Å². The third-order valence-electron chi connectivity index (χ3n) is 5.45. The Morgan fingerprint density at radius 2 is 1.89 bits per heavy atom. The van der Waals surface area contributed by atoms with E-state index in [0.29, 0.717) is 11.3 Å². The maximum Gasteiger partial charge on any atom is 0.240 e. The van der Waals surface area contributed by atoms with Gasteiger partial charge in [0.1, 0.15) is 18.2 Å². The van der Waals surface area contributed by atoms with Crippen molar-refractivity contribution in [3.05, 3.63) is 65.5 Å². The van der Waals surface area contributed by atoms with Gasteiger partial charge in [0.05, 0.1) is 5.54 Å². The second-order valence-corrected chi connectivity index (χ2v) is 7.13. The van der Waals surface area contributed by atoms with Crippen molar-refractivity contribution in [2.24, 2.45) is 0 Å². The molecule has 4 rings (SSSR count). The lowest BCUT2D eigenvalue weighted by molar-refractivity contribution is -0.126. The van der Waals surface area contributed by atoms with E-state index in [9.17, 15) is 9.18 Å². The first-order valence-electron chi connectivity index (χ1n) is 9.18. The van der Waals surface area contributed by atoms with E-state index in [4.69, 9.17) is 4.74 Å². The van der Waals surface area contributed by atoms with Crippen LogP contribution in [0, 0.1) is 5.82 Å². The fourth-order valence-electron chi connectivity index (χ4n) is 3.96. The Morgan fingerprint density at radius 3 is 2.59 bits per heavy atom. The van der Waals surface area contributed by atoms with Crippen LogP contribution in [0.5, 0.6) is 5.75 Å². The van der Waals surface area contributed by atoms with Gasteiger partial charge < -0.3 is 10.1 Å². The fourth-order valence-corrected chi connectivity index (χ4v) is 3.96. The van der Waals surface area contributed by atoms with Gasteiger partial charge in [0, 0.05) is 18.2 Å². The van der Waals surface area contributed by atoms with E-state index in [-0.39, 0.29) is 36.8 Å². The molecule has 2 fully saturated rings. The summed E-state index contributed by atoms with van der Waals surface area (Å²) in [5, 5.41) is 6.52. The monoisotopic (exact) mass is 390 g/mol. The number of halogens is 2. The van der Waals surface area contributed by atoms with Gasteiger partial charge in [0.15, 0.2) is 0 Å². The largest absolute Gasteiger partial charge is 0.489 e. The molecule has 0 saturated carbocycles. The van der Waals surface area contributed by atoms with E-state index in [1.54, 1.807) is 18.2 Å². The number of hydrogen-bond donors (Lipinski definition) is 2. The molecule has 2 atom stereocenters. The Kier molecular flexibility index (Phi) is 6.02. The lowest BCUT2D eigenvalue weighted by atomic mass is 9.82. The van der Waals surface area contributed by atoms with Gasteiger partial charge in [0.2, 0.25) is 5.91 Å². The Morgan fingerprint density at radius 1 is 1.11 bits per heavy atom. The second kappa shape index (κ2) is 8.28. The van der Waals surface area contributed by atoms with Gasteiger partial charge in [-0.1, -0.05) is 30.3 Å². The van der Waals surface area contributed by atoms with Crippen molar-refractivity contribution < 1.29 is 13.9 Å². The van der Waals surface area contributed by atoms with E-state index in [0.717, 1.165) is 37.8 Å². The zero-order valence-corrected chi connectivity index (χ0v) is 15.9. The normalized spacial score (nSPS) is 24.3. The minimum atomic E-state index is -0.400. The first-order valence-corrected chi connectivity index (χ1v) is 9.18. The van der Waals surface area contributed by atoms with Gasteiger partial charge in [-0.3, -0.25) is 10.1 Å². The molecule has 0 bridgehead atoms. The smallest absolute Gasteiger partial charge is 0.240 e. The zero-order chi connectivity index (χ0) is 18.0. The van der Waals surface area contributed by atoms with Crippen molar-refractivity contribution in [2.45, 2.75) is 43.9 Å². The number of piperidine rings is 1. The first kappa shape index (κ1) is 19.6. The lowest BCUT2D eigenvalue weighted by Crippen LogP contribution is -2.54.